The van der Waals surface area contributed by atoms with E-state index in [9.17, 15) is 8.42 Å². The predicted molar refractivity (Wildman–Crippen MR) is 108 cm³/mol. The Kier molecular flexibility index (Phi) is 5.92. The van der Waals surface area contributed by atoms with E-state index in [1.807, 2.05) is 40.6 Å². The first-order valence-corrected chi connectivity index (χ1v) is 11.1. The molecule has 26 heavy (non-hydrogen) atoms. The highest BCUT2D eigenvalue weighted by Crippen LogP contribution is 2.11. The molecule has 1 aromatic carbocycles. The Morgan fingerprint density at radius 3 is 1.88 bits per heavy atom. The quantitative estimate of drug-likeness (QED) is 0.682. The molecule has 0 atom stereocenters. The Morgan fingerprint density at radius 1 is 0.885 bits per heavy atom. The zero-order valence-electron chi connectivity index (χ0n) is 13.9. The maximum Gasteiger partial charge on any atom is 0.242 e. The third-order valence-corrected chi connectivity index (χ3v) is 6.17. The molecule has 6 heteroatoms. The normalized spacial score (nSPS) is 10.7. The van der Waals surface area contributed by atoms with Crippen molar-refractivity contribution < 1.29 is 8.42 Å². The molecular weight excluding hydrogens is 382 g/mol. The van der Waals surface area contributed by atoms with Gasteiger partial charge < -0.3 is 0 Å². The lowest BCUT2D eigenvalue weighted by Gasteiger charge is -2.09. The zero-order chi connectivity index (χ0) is 18.4. The number of thiophene rings is 2. The number of rotatable bonds is 3. The van der Waals surface area contributed by atoms with Gasteiger partial charge in [0.25, 0.3) is 0 Å². The number of sulfonamides is 1. The summed E-state index contributed by atoms with van der Waals surface area (Å²) in [6.45, 7) is 1.91. The molecule has 0 saturated heterocycles. The summed E-state index contributed by atoms with van der Waals surface area (Å²) in [5.74, 6) is 11.8. The van der Waals surface area contributed by atoms with Gasteiger partial charge >= 0.3 is 0 Å². The molecule has 0 aliphatic carbocycles. The van der Waals surface area contributed by atoms with Gasteiger partial charge in [0.2, 0.25) is 10.0 Å². The van der Waals surface area contributed by atoms with Crippen LogP contribution in [-0.2, 0) is 10.0 Å². The summed E-state index contributed by atoms with van der Waals surface area (Å²) in [6, 6.07) is 9.64. The molecule has 0 spiro atoms. The minimum atomic E-state index is -3.71. The Labute approximate surface area is 161 Å². The van der Waals surface area contributed by atoms with Crippen LogP contribution < -0.4 is 4.72 Å². The zero-order valence-corrected chi connectivity index (χ0v) is 16.3. The number of aryl methyl sites for hydroxylation is 1. The van der Waals surface area contributed by atoms with Crippen LogP contribution >= 0.6 is 22.7 Å². The van der Waals surface area contributed by atoms with Gasteiger partial charge in [0, 0.05) is 21.9 Å². The van der Waals surface area contributed by atoms with Crippen LogP contribution in [0.1, 0.15) is 16.7 Å². The lowest BCUT2D eigenvalue weighted by Crippen LogP contribution is -2.32. The van der Waals surface area contributed by atoms with Crippen LogP contribution in [0.5, 0.6) is 0 Å². The topological polar surface area (TPSA) is 46.2 Å². The van der Waals surface area contributed by atoms with Gasteiger partial charge in [-0.05, 0) is 41.9 Å². The van der Waals surface area contributed by atoms with E-state index in [1.165, 1.54) is 22.7 Å². The van der Waals surface area contributed by atoms with E-state index in [4.69, 9.17) is 0 Å². The summed E-state index contributed by atoms with van der Waals surface area (Å²) in [7, 11) is -3.71. The Bertz CT molecular complexity index is 1020. The first-order valence-electron chi connectivity index (χ1n) is 7.69. The van der Waals surface area contributed by atoms with Gasteiger partial charge in [-0.1, -0.05) is 41.4 Å². The van der Waals surface area contributed by atoms with E-state index in [0.717, 1.165) is 16.7 Å². The molecular formula is C20H15NO2S3. The van der Waals surface area contributed by atoms with E-state index in [2.05, 4.69) is 28.4 Å². The van der Waals surface area contributed by atoms with Crippen LogP contribution in [0.3, 0.4) is 0 Å². The Hall–Kier alpha value is -2.35. The molecule has 0 saturated carbocycles. The van der Waals surface area contributed by atoms with Crippen LogP contribution in [0.4, 0.5) is 0 Å². The van der Waals surface area contributed by atoms with Crippen LogP contribution in [0, 0.1) is 30.6 Å². The first kappa shape index (κ1) is 18.4. The van der Waals surface area contributed by atoms with Crippen LogP contribution in [-0.4, -0.2) is 14.5 Å². The molecule has 0 aliphatic rings. The van der Waals surface area contributed by atoms with E-state index in [-0.39, 0.29) is 4.90 Å². The van der Waals surface area contributed by atoms with Crippen molar-refractivity contribution in [3.05, 3.63) is 74.6 Å². The van der Waals surface area contributed by atoms with Crippen LogP contribution in [0.25, 0.3) is 0 Å². The maximum absolute atomic E-state index is 12.6. The van der Waals surface area contributed by atoms with Gasteiger partial charge in [-0.25, -0.2) is 8.42 Å². The molecule has 0 radical (unpaired) electrons. The van der Waals surface area contributed by atoms with E-state index in [1.54, 1.807) is 24.3 Å². The van der Waals surface area contributed by atoms with Crippen LogP contribution in [0.2, 0.25) is 0 Å². The highest BCUT2D eigenvalue weighted by atomic mass is 32.2. The average Bonchev–Trinajstić information content (AvgIpc) is 3.31. The molecule has 3 aromatic rings. The molecule has 0 fully saturated rings. The number of nitrogens with one attached hydrogen (secondary N) is 1. The second kappa shape index (κ2) is 8.35. The molecule has 2 heterocycles. The van der Waals surface area contributed by atoms with Crippen molar-refractivity contribution in [2.24, 2.45) is 0 Å². The Morgan fingerprint density at radius 2 is 1.42 bits per heavy atom. The first-order chi connectivity index (χ1) is 12.5. The molecule has 0 amide bonds. The smallest absolute Gasteiger partial charge is 0.207 e. The van der Waals surface area contributed by atoms with Crippen molar-refractivity contribution in [2.75, 3.05) is 0 Å². The standard InChI is InChI=1S/C20H15NO2S3/c1-16-2-8-20(9-3-16)26(22,23)21-19(6-4-17-10-12-24-14-17)7-5-18-11-13-25-15-18/h2-3,8-15,19,21H,1H3. The molecule has 3 nitrogen and oxygen atoms in total. The van der Waals surface area contributed by atoms with E-state index < -0.39 is 16.1 Å². The second-order valence-electron chi connectivity index (χ2n) is 5.43. The van der Waals surface area contributed by atoms with Gasteiger partial charge in [0.05, 0.1) is 4.90 Å². The lowest BCUT2D eigenvalue weighted by atomic mass is 10.2. The number of hydrogen-bond donors (Lipinski definition) is 1. The molecule has 2 aromatic heterocycles. The highest BCUT2D eigenvalue weighted by Gasteiger charge is 2.17. The summed E-state index contributed by atoms with van der Waals surface area (Å²) in [5.41, 5.74) is 2.67. The van der Waals surface area contributed by atoms with Crippen molar-refractivity contribution in [1.29, 1.82) is 0 Å². The summed E-state index contributed by atoms with van der Waals surface area (Å²) in [5, 5.41) is 7.66. The number of benzene rings is 1. The SMILES string of the molecule is Cc1ccc(S(=O)(=O)NC(C#Cc2ccsc2)C#Cc2ccsc2)cc1. The highest BCUT2D eigenvalue weighted by molar-refractivity contribution is 7.89. The minimum Gasteiger partial charge on any atom is -0.207 e. The summed E-state index contributed by atoms with van der Waals surface area (Å²) >= 11 is 3.08. The van der Waals surface area contributed by atoms with Crippen molar-refractivity contribution in [3.8, 4) is 23.7 Å². The second-order valence-corrected chi connectivity index (χ2v) is 8.70. The largest absolute Gasteiger partial charge is 0.242 e. The Balaban J connectivity index is 1.88. The van der Waals surface area contributed by atoms with E-state index in [0.29, 0.717) is 0 Å². The fourth-order valence-corrected chi connectivity index (χ4v) is 4.25. The molecule has 0 unspecified atom stereocenters. The fourth-order valence-electron chi connectivity index (χ4n) is 2.02. The summed E-state index contributed by atoms with van der Waals surface area (Å²) < 4.78 is 27.9. The average molecular weight is 398 g/mol. The van der Waals surface area contributed by atoms with Gasteiger partial charge in [-0.2, -0.15) is 27.4 Å². The third-order valence-electron chi connectivity index (χ3n) is 3.37. The molecule has 1 N–H and O–H groups in total. The lowest BCUT2D eigenvalue weighted by molar-refractivity contribution is 0.582. The monoisotopic (exact) mass is 397 g/mol. The summed E-state index contributed by atoms with van der Waals surface area (Å²) in [6.07, 6.45) is 0. The van der Waals surface area contributed by atoms with Crippen molar-refractivity contribution in [1.82, 2.24) is 4.72 Å². The molecule has 0 bridgehead atoms. The molecule has 130 valence electrons. The van der Waals surface area contributed by atoms with Gasteiger partial charge in [-0.15, -0.1) is 0 Å². The minimum absolute atomic E-state index is 0.197. The number of hydrogen-bond acceptors (Lipinski definition) is 4. The van der Waals surface area contributed by atoms with Gasteiger partial charge in [0.15, 0.2) is 0 Å². The van der Waals surface area contributed by atoms with Crippen molar-refractivity contribution in [2.45, 2.75) is 17.9 Å². The maximum atomic E-state index is 12.6. The summed E-state index contributed by atoms with van der Waals surface area (Å²) in [4.78, 5) is 0.197. The third kappa shape index (κ3) is 5.08. The van der Waals surface area contributed by atoms with Crippen molar-refractivity contribution >= 4 is 32.7 Å². The van der Waals surface area contributed by atoms with Gasteiger partial charge in [0.1, 0.15) is 6.04 Å². The molecule has 3 rings (SSSR count). The van der Waals surface area contributed by atoms with Gasteiger partial charge in [-0.3, -0.25) is 0 Å². The van der Waals surface area contributed by atoms with E-state index >= 15 is 0 Å². The van der Waals surface area contributed by atoms with Crippen molar-refractivity contribution in [3.63, 3.8) is 0 Å². The fraction of sp³-hybridized carbons (Fsp3) is 0.100. The predicted octanol–water partition coefficient (Wildman–Crippen LogP) is 3.87. The molecule has 0 aliphatic heterocycles. The van der Waals surface area contributed by atoms with Crippen LogP contribution in [0.15, 0.2) is 62.8 Å².